The Morgan fingerprint density at radius 2 is 1.70 bits per heavy atom. The number of aliphatic hydroxyl groups excluding tert-OH is 4. The molecule has 3 aromatic rings. The molecule has 1 saturated heterocycles. The quantitative estimate of drug-likeness (QED) is 0.224. The lowest BCUT2D eigenvalue weighted by Gasteiger charge is -2.19. The average Bonchev–Trinajstić information content (AvgIpc) is 3.04. The number of fused-ring (bicyclic) bond motifs is 1. The van der Waals surface area contributed by atoms with Crippen LogP contribution < -0.4 is 10.2 Å². The molecule has 8 N–H and O–H groups in total. The maximum atomic E-state index is 13.2. The van der Waals surface area contributed by atoms with E-state index >= 15 is 0 Å². The summed E-state index contributed by atoms with van der Waals surface area (Å²) in [5.41, 5.74) is -1.16. The molecule has 1 fully saturated rings. The molecule has 0 radical (unpaired) electrons. The van der Waals surface area contributed by atoms with Crippen molar-refractivity contribution in [2.24, 2.45) is 0 Å². The van der Waals surface area contributed by atoms with Crippen molar-refractivity contribution in [2.75, 3.05) is 6.61 Å². The van der Waals surface area contributed by atoms with Gasteiger partial charge < -0.3 is 54.7 Å². The Labute approximate surface area is 184 Å². The summed E-state index contributed by atoms with van der Waals surface area (Å²) in [6.45, 7) is -0.783. The van der Waals surface area contributed by atoms with Crippen molar-refractivity contribution in [2.45, 2.75) is 30.7 Å². The highest BCUT2D eigenvalue weighted by Crippen LogP contribution is 2.39. The van der Waals surface area contributed by atoms with E-state index in [4.69, 9.17) is 19.0 Å². The molecule has 0 amide bonds. The van der Waals surface area contributed by atoms with Gasteiger partial charge in [0.25, 0.3) is 0 Å². The number of phenolic OH excluding ortho intramolecular Hbond substituents is 4. The van der Waals surface area contributed by atoms with Gasteiger partial charge >= 0.3 is 0 Å². The van der Waals surface area contributed by atoms with Gasteiger partial charge in [-0.3, -0.25) is 4.79 Å². The van der Waals surface area contributed by atoms with Crippen molar-refractivity contribution in [1.82, 2.24) is 0 Å². The molecule has 0 bridgehead atoms. The minimum Gasteiger partial charge on any atom is -0.508 e. The summed E-state index contributed by atoms with van der Waals surface area (Å²) in [7, 11) is 0. The fourth-order valence-corrected chi connectivity index (χ4v) is 3.54. The van der Waals surface area contributed by atoms with Crippen molar-refractivity contribution >= 4 is 11.0 Å². The third-order valence-electron chi connectivity index (χ3n) is 5.21. The number of hydrogen-bond donors (Lipinski definition) is 8. The monoisotopic (exact) mass is 464 g/mol. The Kier molecular flexibility index (Phi) is 5.78. The fourth-order valence-electron chi connectivity index (χ4n) is 3.54. The summed E-state index contributed by atoms with van der Waals surface area (Å²) in [4.78, 5) is 13.2. The minimum absolute atomic E-state index is 0.0297. The zero-order valence-corrected chi connectivity index (χ0v) is 16.7. The first-order chi connectivity index (χ1) is 15.6. The zero-order valence-electron chi connectivity index (χ0n) is 16.7. The SMILES string of the molecule is O=c1c(O[C@@H]2O[C@H]([C@H](O)CO)[C@@H](O)[C@H]2O)c(-c2ccc(O)c(O)c2)oc2cc(O)cc(O)c12. The molecule has 12 heteroatoms. The van der Waals surface area contributed by atoms with E-state index in [1.54, 1.807) is 0 Å². The summed E-state index contributed by atoms with van der Waals surface area (Å²) in [6.07, 6.45) is -8.11. The van der Waals surface area contributed by atoms with E-state index in [1.807, 2.05) is 0 Å². The maximum absolute atomic E-state index is 13.2. The highest BCUT2D eigenvalue weighted by Gasteiger charge is 2.47. The van der Waals surface area contributed by atoms with Gasteiger partial charge in [0.1, 0.15) is 46.9 Å². The Balaban J connectivity index is 1.88. The average molecular weight is 464 g/mol. The lowest BCUT2D eigenvalue weighted by Crippen LogP contribution is -2.40. The topological polar surface area (TPSA) is 211 Å². The van der Waals surface area contributed by atoms with E-state index in [2.05, 4.69) is 0 Å². The second-order valence-corrected chi connectivity index (χ2v) is 7.45. The Morgan fingerprint density at radius 1 is 0.970 bits per heavy atom. The maximum Gasteiger partial charge on any atom is 0.239 e. The number of rotatable bonds is 5. The van der Waals surface area contributed by atoms with Crippen molar-refractivity contribution < 1.29 is 54.7 Å². The van der Waals surface area contributed by atoms with E-state index < -0.39 is 71.5 Å². The van der Waals surface area contributed by atoms with Crippen LogP contribution in [0.5, 0.6) is 28.7 Å². The van der Waals surface area contributed by atoms with Crippen LogP contribution in [-0.2, 0) is 4.74 Å². The third-order valence-corrected chi connectivity index (χ3v) is 5.21. The van der Waals surface area contributed by atoms with Crippen LogP contribution in [0.4, 0.5) is 0 Å². The molecule has 0 spiro atoms. The Bertz CT molecular complexity index is 1250. The lowest BCUT2D eigenvalue weighted by molar-refractivity contribution is -0.137. The van der Waals surface area contributed by atoms with Crippen LogP contribution in [0.15, 0.2) is 39.5 Å². The van der Waals surface area contributed by atoms with E-state index in [0.29, 0.717) is 0 Å². The second-order valence-electron chi connectivity index (χ2n) is 7.45. The normalized spacial score (nSPS) is 23.6. The van der Waals surface area contributed by atoms with Crippen LogP contribution in [0.2, 0.25) is 0 Å². The van der Waals surface area contributed by atoms with E-state index in [9.17, 15) is 40.5 Å². The Hall–Kier alpha value is -3.55. The number of ether oxygens (including phenoxy) is 2. The van der Waals surface area contributed by atoms with Crippen LogP contribution in [0.3, 0.4) is 0 Å². The number of aliphatic hydroxyl groups is 4. The smallest absolute Gasteiger partial charge is 0.239 e. The molecule has 33 heavy (non-hydrogen) atoms. The number of phenols is 4. The third kappa shape index (κ3) is 3.90. The van der Waals surface area contributed by atoms with Crippen LogP contribution >= 0.6 is 0 Å². The number of aromatic hydroxyl groups is 4. The van der Waals surface area contributed by atoms with Gasteiger partial charge in [0, 0.05) is 17.7 Å². The van der Waals surface area contributed by atoms with Gasteiger partial charge in [-0.1, -0.05) is 0 Å². The van der Waals surface area contributed by atoms with Crippen molar-refractivity contribution in [3.63, 3.8) is 0 Å². The number of benzene rings is 2. The van der Waals surface area contributed by atoms with Crippen LogP contribution in [-0.4, -0.2) is 78.2 Å². The van der Waals surface area contributed by atoms with Gasteiger partial charge in [-0.05, 0) is 18.2 Å². The zero-order chi connectivity index (χ0) is 24.0. The molecule has 2 heterocycles. The molecule has 1 aromatic heterocycles. The molecule has 1 aliphatic rings. The molecule has 1 aliphatic heterocycles. The van der Waals surface area contributed by atoms with Gasteiger partial charge in [-0.25, -0.2) is 0 Å². The van der Waals surface area contributed by atoms with Crippen LogP contribution in [0, 0.1) is 0 Å². The molecular weight excluding hydrogens is 444 g/mol. The first-order valence-corrected chi connectivity index (χ1v) is 9.64. The minimum atomic E-state index is -1.75. The van der Waals surface area contributed by atoms with Crippen molar-refractivity contribution in [1.29, 1.82) is 0 Å². The molecule has 0 unspecified atom stereocenters. The van der Waals surface area contributed by atoms with Crippen molar-refractivity contribution in [3.05, 3.63) is 40.6 Å². The summed E-state index contributed by atoms with van der Waals surface area (Å²) in [5, 5.41) is 78.3. The van der Waals surface area contributed by atoms with E-state index in [1.165, 1.54) is 6.07 Å². The van der Waals surface area contributed by atoms with Gasteiger partial charge in [0.15, 0.2) is 17.3 Å². The van der Waals surface area contributed by atoms with Gasteiger partial charge in [-0.2, -0.15) is 0 Å². The van der Waals surface area contributed by atoms with E-state index in [0.717, 1.165) is 24.3 Å². The van der Waals surface area contributed by atoms with Gasteiger partial charge in [0.2, 0.25) is 17.5 Å². The summed E-state index contributed by atoms with van der Waals surface area (Å²) >= 11 is 0. The molecular formula is C21H20O12. The largest absolute Gasteiger partial charge is 0.508 e. The summed E-state index contributed by atoms with van der Waals surface area (Å²) in [6, 6.07) is 5.38. The molecule has 0 saturated carbocycles. The fraction of sp³-hybridized carbons (Fsp3) is 0.286. The summed E-state index contributed by atoms with van der Waals surface area (Å²) in [5.74, 6) is -3.00. The van der Waals surface area contributed by atoms with Crippen molar-refractivity contribution in [3.8, 4) is 40.1 Å². The molecule has 176 valence electrons. The molecule has 0 aliphatic carbocycles. The predicted octanol–water partition coefficient (Wildman–Crippen LogP) is -0.539. The highest BCUT2D eigenvalue weighted by atomic mass is 16.7. The second kappa shape index (κ2) is 8.42. The van der Waals surface area contributed by atoms with Crippen LogP contribution in [0.1, 0.15) is 0 Å². The van der Waals surface area contributed by atoms with E-state index in [-0.39, 0.29) is 22.3 Å². The van der Waals surface area contributed by atoms with Crippen LogP contribution in [0.25, 0.3) is 22.3 Å². The number of hydrogen-bond acceptors (Lipinski definition) is 12. The Morgan fingerprint density at radius 3 is 2.36 bits per heavy atom. The molecule has 12 nitrogen and oxygen atoms in total. The molecule has 2 aromatic carbocycles. The predicted molar refractivity (Wildman–Crippen MR) is 109 cm³/mol. The highest BCUT2D eigenvalue weighted by molar-refractivity contribution is 5.88. The molecule has 5 atom stereocenters. The lowest BCUT2D eigenvalue weighted by atomic mass is 10.1. The molecule has 4 rings (SSSR count). The summed E-state index contributed by atoms with van der Waals surface area (Å²) < 4.78 is 16.5. The first-order valence-electron chi connectivity index (χ1n) is 9.64. The van der Waals surface area contributed by atoms with Gasteiger partial charge in [0.05, 0.1) is 6.61 Å². The standard InChI is InChI=1S/C21H20O12/c22-6-12(27)19-16(29)17(30)21(32-19)33-20-15(28)14-11(26)4-8(23)5-13(14)31-18(20)7-1-2-9(24)10(25)3-7/h1-5,12,16-17,19,21-27,29-30H,6H2/t12-,16+,17-,19-,21+/m1/s1. The first kappa shape index (κ1) is 22.6. The van der Waals surface area contributed by atoms with Gasteiger partial charge in [-0.15, -0.1) is 0 Å².